The number of hydrogen-bond donors (Lipinski definition) is 3. The lowest BCUT2D eigenvalue weighted by Gasteiger charge is -2.32. The fourth-order valence-electron chi connectivity index (χ4n) is 2.27. The van der Waals surface area contributed by atoms with Crippen molar-refractivity contribution in [3.63, 3.8) is 0 Å². The summed E-state index contributed by atoms with van der Waals surface area (Å²) in [5, 5.41) is 0. The Morgan fingerprint density at radius 2 is 1.50 bits per heavy atom. The number of nitrogens with one attached hydrogen (secondary N) is 2. The first-order chi connectivity index (χ1) is 10.6. The number of amides is 3. The predicted octanol–water partition coefficient (Wildman–Crippen LogP) is 1.99. The van der Waals surface area contributed by atoms with Crippen LogP contribution in [0.3, 0.4) is 0 Å². The molecule has 0 radical (unpaired) electrons. The number of urea groups is 1. The number of nitrogens with zero attached hydrogens (tertiary/aromatic N) is 1. The van der Waals surface area contributed by atoms with Crippen molar-refractivity contribution in [1.29, 1.82) is 0 Å². The van der Waals surface area contributed by atoms with E-state index in [0.29, 0.717) is 0 Å². The van der Waals surface area contributed by atoms with Crippen molar-refractivity contribution in [3.05, 3.63) is 48.5 Å². The van der Waals surface area contributed by atoms with Crippen molar-refractivity contribution >= 4 is 35.1 Å². The Balaban J connectivity index is 1.89. The van der Waals surface area contributed by atoms with Gasteiger partial charge >= 0.3 is 6.03 Å². The predicted molar refractivity (Wildman–Crippen MR) is 84.9 cm³/mol. The molecule has 3 rings (SSSR count). The molecule has 0 aromatic heterocycles. The number of fused-ring (bicyclic) bond motifs is 2. The van der Waals surface area contributed by atoms with Gasteiger partial charge in [-0.3, -0.25) is 10.2 Å². The molecule has 1 heterocycles. The first-order valence-electron chi connectivity index (χ1n) is 6.63. The first-order valence-corrected chi connectivity index (χ1v) is 7.44. The molecule has 3 amide bonds. The number of para-hydroxylation sites is 2. The minimum atomic E-state index is -0.802. The van der Waals surface area contributed by atoms with E-state index in [-0.39, 0.29) is 12.5 Å². The van der Waals surface area contributed by atoms with Gasteiger partial charge in [0.2, 0.25) is 0 Å². The zero-order valence-corrected chi connectivity index (χ0v) is 12.4. The first kappa shape index (κ1) is 14.3. The van der Waals surface area contributed by atoms with Crippen molar-refractivity contribution in [2.24, 2.45) is 5.73 Å². The summed E-state index contributed by atoms with van der Waals surface area (Å²) in [5.74, 6) is -0.352. The highest BCUT2D eigenvalue weighted by Crippen LogP contribution is 2.47. The van der Waals surface area contributed by atoms with E-state index >= 15 is 0 Å². The molecule has 0 fully saturated rings. The van der Waals surface area contributed by atoms with Gasteiger partial charge in [0, 0.05) is 9.79 Å². The average Bonchev–Trinajstić information content (AvgIpc) is 2.52. The van der Waals surface area contributed by atoms with Gasteiger partial charge in [-0.15, -0.1) is 0 Å². The molecule has 112 valence electrons. The molecule has 0 bridgehead atoms. The van der Waals surface area contributed by atoms with Crippen LogP contribution < -0.4 is 21.5 Å². The van der Waals surface area contributed by atoms with E-state index < -0.39 is 6.03 Å². The highest BCUT2D eigenvalue weighted by molar-refractivity contribution is 7.99. The quantitative estimate of drug-likeness (QED) is 0.740. The summed E-state index contributed by atoms with van der Waals surface area (Å²) in [6.45, 7) is 0.0782. The molecule has 7 heteroatoms. The molecular weight excluding hydrogens is 300 g/mol. The van der Waals surface area contributed by atoms with Crippen LogP contribution in [0.4, 0.5) is 16.2 Å². The van der Waals surface area contributed by atoms with E-state index in [0.717, 1.165) is 21.2 Å². The molecule has 0 atom stereocenters. The summed E-state index contributed by atoms with van der Waals surface area (Å²) < 4.78 is 0. The molecule has 22 heavy (non-hydrogen) atoms. The summed E-state index contributed by atoms with van der Waals surface area (Å²) >= 11 is 1.67. The third kappa shape index (κ3) is 2.84. The second kappa shape index (κ2) is 5.98. The molecule has 0 aliphatic carbocycles. The minimum absolute atomic E-state index is 0.0782. The molecule has 6 nitrogen and oxygen atoms in total. The zero-order chi connectivity index (χ0) is 15.5. The third-order valence-corrected chi connectivity index (χ3v) is 4.29. The number of rotatable bonds is 2. The number of hydrazine groups is 1. The number of benzene rings is 2. The minimum Gasteiger partial charge on any atom is -0.350 e. The van der Waals surface area contributed by atoms with E-state index in [1.54, 1.807) is 11.8 Å². The Morgan fingerprint density at radius 3 is 2.05 bits per heavy atom. The lowest BCUT2D eigenvalue weighted by Crippen LogP contribution is -2.48. The Kier molecular flexibility index (Phi) is 3.88. The second-order valence-corrected chi connectivity index (χ2v) is 5.74. The van der Waals surface area contributed by atoms with Crippen LogP contribution >= 0.6 is 11.8 Å². The van der Waals surface area contributed by atoms with Crippen LogP contribution in [0.5, 0.6) is 0 Å². The van der Waals surface area contributed by atoms with Crippen LogP contribution in [-0.4, -0.2) is 18.5 Å². The Bertz CT molecular complexity index is 689. The SMILES string of the molecule is NC(=O)NNC(=O)CN1c2ccccc2Sc2ccccc21. The zero-order valence-electron chi connectivity index (χ0n) is 11.6. The number of carbonyl (C=O) groups excluding carboxylic acids is 2. The molecule has 2 aromatic carbocycles. The summed E-state index contributed by atoms with van der Waals surface area (Å²) in [7, 11) is 0. The van der Waals surface area contributed by atoms with Gasteiger partial charge in [-0.25, -0.2) is 10.2 Å². The lowest BCUT2D eigenvalue weighted by atomic mass is 10.2. The van der Waals surface area contributed by atoms with Crippen LogP contribution in [0.15, 0.2) is 58.3 Å². The smallest absolute Gasteiger partial charge is 0.330 e. The van der Waals surface area contributed by atoms with Gasteiger partial charge in [-0.1, -0.05) is 36.0 Å². The van der Waals surface area contributed by atoms with E-state index in [4.69, 9.17) is 5.73 Å². The second-order valence-electron chi connectivity index (χ2n) is 4.66. The van der Waals surface area contributed by atoms with E-state index in [1.807, 2.05) is 53.4 Å². The number of anilines is 2. The van der Waals surface area contributed by atoms with Gasteiger partial charge < -0.3 is 10.6 Å². The molecule has 0 unspecified atom stereocenters. The van der Waals surface area contributed by atoms with Crippen molar-refractivity contribution in [3.8, 4) is 0 Å². The van der Waals surface area contributed by atoms with E-state index in [1.165, 1.54) is 0 Å². The van der Waals surface area contributed by atoms with Crippen molar-refractivity contribution in [2.75, 3.05) is 11.4 Å². The number of primary amides is 1. The van der Waals surface area contributed by atoms with Gasteiger partial charge in [-0.05, 0) is 24.3 Å². The number of nitrogens with two attached hydrogens (primary N) is 1. The van der Waals surface area contributed by atoms with Crippen LogP contribution in [-0.2, 0) is 4.79 Å². The van der Waals surface area contributed by atoms with Gasteiger partial charge in [-0.2, -0.15) is 0 Å². The van der Waals surface area contributed by atoms with Crippen LogP contribution in [0.1, 0.15) is 0 Å². The van der Waals surface area contributed by atoms with Gasteiger partial charge in [0.1, 0.15) is 6.54 Å². The largest absolute Gasteiger partial charge is 0.350 e. The molecule has 1 aliphatic rings. The monoisotopic (exact) mass is 314 g/mol. The maximum Gasteiger partial charge on any atom is 0.330 e. The molecule has 0 saturated carbocycles. The van der Waals surface area contributed by atoms with Crippen LogP contribution in [0.2, 0.25) is 0 Å². The van der Waals surface area contributed by atoms with Crippen molar-refractivity contribution in [1.82, 2.24) is 10.9 Å². The molecular formula is C15H14N4O2S. The average molecular weight is 314 g/mol. The van der Waals surface area contributed by atoms with Crippen molar-refractivity contribution < 1.29 is 9.59 Å². The number of hydrogen-bond acceptors (Lipinski definition) is 4. The maximum absolute atomic E-state index is 12.0. The van der Waals surface area contributed by atoms with Crippen LogP contribution in [0.25, 0.3) is 0 Å². The van der Waals surface area contributed by atoms with Crippen molar-refractivity contribution in [2.45, 2.75) is 9.79 Å². The molecule has 4 N–H and O–H groups in total. The fourth-order valence-corrected chi connectivity index (χ4v) is 3.36. The highest BCUT2D eigenvalue weighted by Gasteiger charge is 2.24. The summed E-state index contributed by atoms with van der Waals surface area (Å²) in [6, 6.07) is 15.0. The Labute approximate surface area is 131 Å². The Morgan fingerprint density at radius 1 is 0.955 bits per heavy atom. The van der Waals surface area contributed by atoms with E-state index in [9.17, 15) is 9.59 Å². The standard InChI is InChI=1S/C15H14N4O2S/c16-15(21)18-17-14(20)9-19-10-5-1-3-7-12(10)22-13-8-4-2-6-11(13)19/h1-8H,9H2,(H,17,20)(H3,16,18,21). The van der Waals surface area contributed by atoms with Crippen LogP contribution in [0, 0.1) is 0 Å². The molecule has 2 aromatic rings. The van der Waals surface area contributed by atoms with E-state index in [2.05, 4.69) is 10.9 Å². The summed E-state index contributed by atoms with van der Waals surface area (Å²) in [5.41, 5.74) is 11.2. The molecule has 1 aliphatic heterocycles. The molecule has 0 saturated heterocycles. The highest BCUT2D eigenvalue weighted by atomic mass is 32.2. The van der Waals surface area contributed by atoms with Gasteiger partial charge in [0.25, 0.3) is 5.91 Å². The summed E-state index contributed by atoms with van der Waals surface area (Å²) in [6.07, 6.45) is 0. The molecule has 0 spiro atoms. The summed E-state index contributed by atoms with van der Waals surface area (Å²) in [4.78, 5) is 26.8. The fraction of sp³-hybridized carbons (Fsp3) is 0.0667. The topological polar surface area (TPSA) is 87.5 Å². The normalized spacial score (nSPS) is 12.1. The lowest BCUT2D eigenvalue weighted by molar-refractivity contribution is -0.120. The van der Waals surface area contributed by atoms with Gasteiger partial charge in [0.05, 0.1) is 11.4 Å². The number of carbonyl (C=O) groups is 2. The van der Waals surface area contributed by atoms with Gasteiger partial charge in [0.15, 0.2) is 0 Å². The maximum atomic E-state index is 12.0. The Hall–Kier alpha value is -2.67. The third-order valence-electron chi connectivity index (χ3n) is 3.16.